The lowest BCUT2D eigenvalue weighted by molar-refractivity contribution is -0.108. The van der Waals surface area contributed by atoms with Crippen LogP contribution in [0.2, 0.25) is 0 Å². The standard InChI is InChI=1S/C13H23N3O4/c1-13(2,3)9-7-10(15-20-9)14-12(17)16(4)8-11(18-5)19-6/h7,11H,8H2,1-6H3,(H,14,15,17). The second-order valence-electron chi connectivity index (χ2n) is 5.54. The first kappa shape index (κ1) is 16.5. The second-order valence-corrected chi connectivity index (χ2v) is 5.54. The Balaban J connectivity index is 2.59. The zero-order chi connectivity index (χ0) is 15.3. The summed E-state index contributed by atoms with van der Waals surface area (Å²) < 4.78 is 15.3. The SMILES string of the molecule is COC(CN(C)C(=O)Nc1cc(C(C)(C)C)on1)OC. The minimum atomic E-state index is -0.465. The molecule has 0 atom stereocenters. The molecule has 1 N–H and O–H groups in total. The summed E-state index contributed by atoms with van der Waals surface area (Å²) in [6, 6.07) is 1.41. The Morgan fingerprint density at radius 2 is 2.05 bits per heavy atom. The smallest absolute Gasteiger partial charge is 0.323 e. The zero-order valence-electron chi connectivity index (χ0n) is 12.9. The highest BCUT2D eigenvalue weighted by atomic mass is 16.7. The molecule has 7 heteroatoms. The van der Waals surface area contributed by atoms with Crippen molar-refractivity contribution < 1.29 is 18.8 Å². The molecule has 7 nitrogen and oxygen atoms in total. The molecule has 1 aromatic rings. The van der Waals surface area contributed by atoms with E-state index in [1.807, 2.05) is 20.8 Å². The molecule has 0 aromatic carbocycles. The molecule has 2 amide bonds. The van der Waals surface area contributed by atoms with Gasteiger partial charge in [0.05, 0.1) is 6.54 Å². The third-order valence-electron chi connectivity index (χ3n) is 2.78. The van der Waals surface area contributed by atoms with Gasteiger partial charge < -0.3 is 18.9 Å². The Morgan fingerprint density at radius 1 is 1.45 bits per heavy atom. The molecular formula is C13H23N3O4. The molecule has 0 saturated carbocycles. The van der Waals surface area contributed by atoms with Gasteiger partial charge in [-0.3, -0.25) is 5.32 Å². The lowest BCUT2D eigenvalue weighted by atomic mass is 9.93. The molecule has 0 bridgehead atoms. The molecule has 0 aliphatic carbocycles. The summed E-state index contributed by atoms with van der Waals surface area (Å²) in [5.41, 5.74) is -0.154. The van der Waals surface area contributed by atoms with E-state index in [4.69, 9.17) is 14.0 Å². The summed E-state index contributed by atoms with van der Waals surface area (Å²) in [6.07, 6.45) is -0.465. The van der Waals surface area contributed by atoms with E-state index < -0.39 is 6.29 Å². The van der Waals surface area contributed by atoms with Crippen molar-refractivity contribution in [2.75, 3.05) is 33.1 Å². The van der Waals surface area contributed by atoms with Crippen LogP contribution < -0.4 is 5.32 Å². The van der Waals surface area contributed by atoms with Crippen LogP contribution >= 0.6 is 0 Å². The monoisotopic (exact) mass is 285 g/mol. The lowest BCUT2D eigenvalue weighted by Crippen LogP contribution is -2.38. The highest BCUT2D eigenvalue weighted by Gasteiger charge is 2.21. The van der Waals surface area contributed by atoms with Gasteiger partial charge in [0.25, 0.3) is 0 Å². The van der Waals surface area contributed by atoms with Gasteiger partial charge >= 0.3 is 6.03 Å². The molecule has 0 aliphatic rings. The first-order valence-corrected chi connectivity index (χ1v) is 6.32. The van der Waals surface area contributed by atoms with E-state index in [1.165, 1.54) is 19.1 Å². The Hall–Kier alpha value is -1.60. The molecule has 0 saturated heterocycles. The van der Waals surface area contributed by atoms with E-state index in [-0.39, 0.29) is 11.4 Å². The number of urea groups is 1. The van der Waals surface area contributed by atoms with Crippen LogP contribution in [-0.2, 0) is 14.9 Å². The summed E-state index contributed by atoms with van der Waals surface area (Å²) in [6.45, 7) is 6.33. The van der Waals surface area contributed by atoms with Crippen molar-refractivity contribution in [1.82, 2.24) is 10.1 Å². The predicted octanol–water partition coefficient (Wildman–Crippen LogP) is 2.05. The lowest BCUT2D eigenvalue weighted by Gasteiger charge is -2.21. The van der Waals surface area contributed by atoms with Crippen LogP contribution in [0.1, 0.15) is 26.5 Å². The number of hydrogen-bond acceptors (Lipinski definition) is 5. The van der Waals surface area contributed by atoms with Gasteiger partial charge in [-0.2, -0.15) is 0 Å². The molecule has 20 heavy (non-hydrogen) atoms. The number of methoxy groups -OCH3 is 2. The molecule has 114 valence electrons. The second kappa shape index (κ2) is 6.71. The number of likely N-dealkylation sites (N-methyl/N-ethyl adjacent to an activating group) is 1. The number of ether oxygens (including phenoxy) is 2. The van der Waals surface area contributed by atoms with E-state index in [0.29, 0.717) is 18.1 Å². The number of nitrogens with zero attached hydrogens (tertiary/aromatic N) is 2. The van der Waals surface area contributed by atoms with Crippen molar-refractivity contribution in [2.45, 2.75) is 32.5 Å². The first-order valence-electron chi connectivity index (χ1n) is 6.32. The van der Waals surface area contributed by atoms with Crippen molar-refractivity contribution in [3.05, 3.63) is 11.8 Å². The maximum atomic E-state index is 12.0. The van der Waals surface area contributed by atoms with Gasteiger partial charge in [0.15, 0.2) is 12.1 Å². The van der Waals surface area contributed by atoms with E-state index in [2.05, 4.69) is 10.5 Å². The summed E-state index contributed by atoms with van der Waals surface area (Å²) in [5.74, 6) is 1.10. The normalized spacial score (nSPS) is 11.8. The fourth-order valence-corrected chi connectivity index (χ4v) is 1.44. The van der Waals surface area contributed by atoms with E-state index in [9.17, 15) is 4.79 Å². The molecule has 1 heterocycles. The van der Waals surface area contributed by atoms with Gasteiger partial charge in [0.1, 0.15) is 5.76 Å². The number of aromatic nitrogens is 1. The van der Waals surface area contributed by atoms with Gasteiger partial charge in [0.2, 0.25) is 0 Å². The van der Waals surface area contributed by atoms with Crippen LogP contribution in [-0.4, -0.2) is 50.2 Å². The number of carbonyl (C=O) groups excluding carboxylic acids is 1. The molecule has 0 spiro atoms. The van der Waals surface area contributed by atoms with Gasteiger partial charge in [0, 0.05) is 32.7 Å². The fraction of sp³-hybridized carbons (Fsp3) is 0.692. The highest BCUT2D eigenvalue weighted by molar-refractivity contribution is 5.88. The van der Waals surface area contributed by atoms with Crippen LogP contribution in [0.15, 0.2) is 10.6 Å². The summed E-state index contributed by atoms with van der Waals surface area (Å²) >= 11 is 0. The third kappa shape index (κ3) is 4.50. The molecular weight excluding hydrogens is 262 g/mol. The largest absolute Gasteiger partial charge is 0.359 e. The molecule has 0 aliphatic heterocycles. The fourth-order valence-electron chi connectivity index (χ4n) is 1.44. The van der Waals surface area contributed by atoms with Crippen molar-refractivity contribution in [2.24, 2.45) is 0 Å². The summed E-state index contributed by atoms with van der Waals surface area (Å²) in [5, 5.41) is 6.49. The number of nitrogens with one attached hydrogen (secondary N) is 1. The number of amides is 2. The topological polar surface area (TPSA) is 76.8 Å². The van der Waals surface area contributed by atoms with Crippen LogP contribution in [0.5, 0.6) is 0 Å². The molecule has 0 fully saturated rings. The number of carbonyl (C=O) groups is 1. The Morgan fingerprint density at radius 3 is 2.50 bits per heavy atom. The number of rotatable bonds is 5. The minimum Gasteiger partial charge on any atom is -0.359 e. The third-order valence-corrected chi connectivity index (χ3v) is 2.78. The van der Waals surface area contributed by atoms with Crippen molar-refractivity contribution >= 4 is 11.8 Å². The van der Waals surface area contributed by atoms with Crippen LogP contribution in [0, 0.1) is 0 Å². The summed E-state index contributed by atoms with van der Waals surface area (Å²) in [4.78, 5) is 13.4. The Bertz CT molecular complexity index is 435. The molecule has 0 radical (unpaired) electrons. The van der Waals surface area contributed by atoms with Crippen molar-refractivity contribution in [3.8, 4) is 0 Å². The first-order chi connectivity index (χ1) is 9.27. The summed E-state index contributed by atoms with van der Waals surface area (Å²) in [7, 11) is 4.69. The van der Waals surface area contributed by atoms with Crippen molar-refractivity contribution in [3.63, 3.8) is 0 Å². The average molecular weight is 285 g/mol. The number of anilines is 1. The van der Waals surface area contributed by atoms with E-state index >= 15 is 0 Å². The predicted molar refractivity (Wildman–Crippen MR) is 74.7 cm³/mol. The van der Waals surface area contributed by atoms with Crippen LogP contribution in [0.3, 0.4) is 0 Å². The Kier molecular flexibility index (Phi) is 5.52. The van der Waals surface area contributed by atoms with Crippen molar-refractivity contribution in [1.29, 1.82) is 0 Å². The maximum absolute atomic E-state index is 12.0. The van der Waals surface area contributed by atoms with Gasteiger partial charge in [-0.05, 0) is 0 Å². The number of hydrogen-bond donors (Lipinski definition) is 1. The highest BCUT2D eigenvalue weighted by Crippen LogP contribution is 2.24. The van der Waals surface area contributed by atoms with Gasteiger partial charge in [-0.1, -0.05) is 25.9 Å². The van der Waals surface area contributed by atoms with Crippen LogP contribution in [0.4, 0.5) is 10.6 Å². The minimum absolute atomic E-state index is 0.154. The van der Waals surface area contributed by atoms with Gasteiger partial charge in [-0.25, -0.2) is 4.79 Å². The molecule has 0 unspecified atom stereocenters. The molecule has 1 rings (SSSR count). The quantitative estimate of drug-likeness (QED) is 0.838. The zero-order valence-corrected chi connectivity index (χ0v) is 12.9. The van der Waals surface area contributed by atoms with E-state index in [1.54, 1.807) is 13.1 Å². The Labute approximate surface area is 119 Å². The van der Waals surface area contributed by atoms with Gasteiger partial charge in [-0.15, -0.1) is 0 Å². The molecule has 1 aromatic heterocycles. The van der Waals surface area contributed by atoms with Crippen LogP contribution in [0.25, 0.3) is 0 Å². The maximum Gasteiger partial charge on any atom is 0.323 e. The van der Waals surface area contributed by atoms with E-state index in [0.717, 1.165) is 0 Å². The average Bonchev–Trinajstić information content (AvgIpc) is 2.83.